The Morgan fingerprint density at radius 1 is 1.26 bits per heavy atom. The molecule has 0 aliphatic heterocycles. The summed E-state index contributed by atoms with van der Waals surface area (Å²) in [5.74, 6) is 0.849. The first-order valence-corrected chi connectivity index (χ1v) is 6.85. The fourth-order valence-corrected chi connectivity index (χ4v) is 2.08. The van der Waals surface area contributed by atoms with Crippen molar-refractivity contribution in [1.82, 2.24) is 14.9 Å². The molecule has 0 aliphatic carbocycles. The molecule has 1 aromatic carbocycles. The molecule has 0 unspecified atom stereocenters. The lowest BCUT2D eigenvalue weighted by Crippen LogP contribution is -2.01. The normalized spacial score (nSPS) is 11.0. The molecule has 0 amide bonds. The number of benzene rings is 1. The summed E-state index contributed by atoms with van der Waals surface area (Å²) in [6.45, 7) is 1.95. The first kappa shape index (κ1) is 14.7. The third-order valence-electron chi connectivity index (χ3n) is 3.28. The average Bonchev–Trinajstić information content (AvgIpc) is 3.24. The van der Waals surface area contributed by atoms with Gasteiger partial charge in [0.25, 0.3) is 0 Å². The van der Waals surface area contributed by atoms with Crippen molar-refractivity contribution in [1.29, 1.82) is 0 Å². The number of aromatic nitrogens is 3. The zero-order chi connectivity index (χ0) is 16.2. The van der Waals surface area contributed by atoms with E-state index < -0.39 is 0 Å². The lowest BCUT2D eigenvalue weighted by Gasteiger charge is -2.05. The standard InChI is InChI=1S/C16H14N4O3/c1-11-3-4-12(16(21)22-2)7-14(11)15-6-5-13(23-15)8-19-20-9-17-18-10-20/h3-10H,1-2H3/b19-8-. The highest BCUT2D eigenvalue weighted by molar-refractivity contribution is 5.91. The number of hydrogen-bond donors (Lipinski definition) is 0. The van der Waals surface area contributed by atoms with Gasteiger partial charge in [0.2, 0.25) is 0 Å². The summed E-state index contributed by atoms with van der Waals surface area (Å²) >= 11 is 0. The largest absolute Gasteiger partial charge is 0.465 e. The van der Waals surface area contributed by atoms with Crippen molar-refractivity contribution in [3.8, 4) is 11.3 Å². The van der Waals surface area contributed by atoms with Crippen LogP contribution >= 0.6 is 0 Å². The summed E-state index contributed by atoms with van der Waals surface area (Å²) in [6, 6.07) is 8.96. The van der Waals surface area contributed by atoms with Crippen LogP contribution in [0, 0.1) is 6.92 Å². The van der Waals surface area contributed by atoms with Crippen molar-refractivity contribution >= 4 is 12.2 Å². The predicted molar refractivity (Wildman–Crippen MR) is 83.2 cm³/mol. The van der Waals surface area contributed by atoms with Crippen molar-refractivity contribution in [2.24, 2.45) is 5.10 Å². The second-order valence-corrected chi connectivity index (χ2v) is 4.81. The van der Waals surface area contributed by atoms with Crippen LogP contribution in [0.1, 0.15) is 21.7 Å². The number of carbonyl (C=O) groups excluding carboxylic acids is 1. The van der Waals surface area contributed by atoms with E-state index in [9.17, 15) is 4.79 Å². The average molecular weight is 310 g/mol. The van der Waals surface area contributed by atoms with E-state index in [1.165, 1.54) is 24.4 Å². The molecule has 0 saturated heterocycles. The molecule has 116 valence electrons. The van der Waals surface area contributed by atoms with Gasteiger partial charge in [0.15, 0.2) is 0 Å². The molecule has 0 aliphatic rings. The fraction of sp³-hybridized carbons (Fsp3) is 0.125. The van der Waals surface area contributed by atoms with Crippen LogP contribution in [0.2, 0.25) is 0 Å². The first-order chi connectivity index (χ1) is 11.2. The summed E-state index contributed by atoms with van der Waals surface area (Å²) in [4.78, 5) is 11.7. The number of ether oxygens (including phenoxy) is 1. The summed E-state index contributed by atoms with van der Waals surface area (Å²) < 4.78 is 12.0. The smallest absolute Gasteiger partial charge is 0.337 e. The molecule has 0 spiro atoms. The highest BCUT2D eigenvalue weighted by Crippen LogP contribution is 2.26. The van der Waals surface area contributed by atoms with E-state index >= 15 is 0 Å². The highest BCUT2D eigenvalue weighted by atomic mass is 16.5. The third-order valence-corrected chi connectivity index (χ3v) is 3.28. The van der Waals surface area contributed by atoms with Crippen molar-refractivity contribution < 1.29 is 13.9 Å². The predicted octanol–water partition coefficient (Wildman–Crippen LogP) is 2.52. The summed E-state index contributed by atoms with van der Waals surface area (Å²) in [5.41, 5.74) is 2.30. The number of nitrogens with zero attached hydrogens (tertiary/aromatic N) is 4. The van der Waals surface area contributed by atoms with E-state index in [1.54, 1.807) is 24.4 Å². The van der Waals surface area contributed by atoms with Crippen LogP contribution in [0.3, 0.4) is 0 Å². The summed E-state index contributed by atoms with van der Waals surface area (Å²) in [5, 5.41) is 11.4. The van der Waals surface area contributed by atoms with Gasteiger partial charge in [-0.1, -0.05) is 6.07 Å². The number of methoxy groups -OCH3 is 1. The van der Waals surface area contributed by atoms with E-state index in [1.807, 2.05) is 19.1 Å². The number of carbonyl (C=O) groups is 1. The Labute approximate surface area is 132 Å². The van der Waals surface area contributed by atoms with Crippen LogP contribution in [0.5, 0.6) is 0 Å². The molecule has 0 atom stereocenters. The van der Waals surface area contributed by atoms with Gasteiger partial charge in [-0.15, -0.1) is 10.2 Å². The highest BCUT2D eigenvalue weighted by Gasteiger charge is 2.12. The first-order valence-electron chi connectivity index (χ1n) is 6.85. The second-order valence-electron chi connectivity index (χ2n) is 4.81. The molecular weight excluding hydrogens is 296 g/mol. The number of esters is 1. The Hall–Kier alpha value is -3.22. The fourth-order valence-electron chi connectivity index (χ4n) is 2.08. The lowest BCUT2D eigenvalue weighted by molar-refractivity contribution is 0.0601. The number of rotatable bonds is 4. The molecule has 0 bridgehead atoms. The second kappa shape index (κ2) is 6.27. The van der Waals surface area contributed by atoms with Crippen LogP contribution in [-0.2, 0) is 4.74 Å². The Morgan fingerprint density at radius 3 is 2.78 bits per heavy atom. The zero-order valence-corrected chi connectivity index (χ0v) is 12.6. The maximum absolute atomic E-state index is 11.7. The molecule has 23 heavy (non-hydrogen) atoms. The Morgan fingerprint density at radius 2 is 2.04 bits per heavy atom. The van der Waals surface area contributed by atoms with Gasteiger partial charge in [-0.3, -0.25) is 0 Å². The lowest BCUT2D eigenvalue weighted by atomic mass is 10.0. The Bertz CT molecular complexity index is 850. The van der Waals surface area contributed by atoms with Crippen molar-refractivity contribution in [2.75, 3.05) is 7.11 Å². The van der Waals surface area contributed by atoms with Gasteiger partial charge < -0.3 is 9.15 Å². The molecule has 0 N–H and O–H groups in total. The van der Waals surface area contributed by atoms with Crippen LogP contribution < -0.4 is 0 Å². The summed E-state index contributed by atoms with van der Waals surface area (Å²) in [6.07, 6.45) is 4.51. The van der Waals surface area contributed by atoms with Crippen molar-refractivity contribution in [3.05, 3.63) is 59.9 Å². The maximum atomic E-state index is 11.7. The van der Waals surface area contributed by atoms with Gasteiger partial charge in [-0.25, -0.2) is 9.47 Å². The van der Waals surface area contributed by atoms with Gasteiger partial charge in [-0.05, 0) is 36.8 Å². The van der Waals surface area contributed by atoms with Gasteiger partial charge in [0.1, 0.15) is 24.2 Å². The van der Waals surface area contributed by atoms with Crippen molar-refractivity contribution in [3.63, 3.8) is 0 Å². The number of hydrogen-bond acceptors (Lipinski definition) is 6. The molecule has 3 rings (SSSR count). The maximum Gasteiger partial charge on any atom is 0.337 e. The van der Waals surface area contributed by atoms with Gasteiger partial charge in [0, 0.05) is 5.56 Å². The molecule has 2 heterocycles. The minimum Gasteiger partial charge on any atom is -0.465 e. The van der Waals surface area contributed by atoms with E-state index in [0.717, 1.165) is 11.1 Å². The zero-order valence-electron chi connectivity index (χ0n) is 12.6. The van der Waals surface area contributed by atoms with E-state index in [4.69, 9.17) is 9.15 Å². The Balaban J connectivity index is 1.89. The third kappa shape index (κ3) is 3.18. The topological polar surface area (TPSA) is 82.5 Å². The van der Waals surface area contributed by atoms with Crippen LogP contribution in [0.15, 0.2) is 52.5 Å². The van der Waals surface area contributed by atoms with E-state index in [0.29, 0.717) is 17.1 Å². The van der Waals surface area contributed by atoms with Crippen LogP contribution in [0.25, 0.3) is 11.3 Å². The van der Waals surface area contributed by atoms with Gasteiger partial charge >= 0.3 is 5.97 Å². The van der Waals surface area contributed by atoms with Crippen LogP contribution in [-0.4, -0.2) is 34.2 Å². The quantitative estimate of drug-likeness (QED) is 0.546. The van der Waals surface area contributed by atoms with Gasteiger partial charge in [0.05, 0.1) is 18.9 Å². The number of furan rings is 1. The molecular formula is C16H14N4O3. The monoisotopic (exact) mass is 310 g/mol. The van der Waals surface area contributed by atoms with E-state index in [-0.39, 0.29) is 5.97 Å². The molecule has 3 aromatic rings. The van der Waals surface area contributed by atoms with Gasteiger partial charge in [-0.2, -0.15) is 5.10 Å². The van der Waals surface area contributed by atoms with Crippen LogP contribution in [0.4, 0.5) is 0 Å². The molecule has 0 radical (unpaired) electrons. The Kier molecular flexibility index (Phi) is 4.01. The molecule has 2 aromatic heterocycles. The SMILES string of the molecule is COC(=O)c1ccc(C)c(-c2ccc(/C=N\n3cnnc3)o2)c1. The number of aryl methyl sites for hydroxylation is 1. The minimum atomic E-state index is -0.382. The molecule has 0 fully saturated rings. The van der Waals surface area contributed by atoms with Crippen molar-refractivity contribution in [2.45, 2.75) is 6.92 Å². The summed E-state index contributed by atoms with van der Waals surface area (Å²) in [7, 11) is 1.36. The minimum absolute atomic E-state index is 0.382. The van der Waals surface area contributed by atoms with E-state index in [2.05, 4.69) is 15.3 Å². The molecule has 7 nitrogen and oxygen atoms in total. The molecule has 0 saturated carbocycles. The molecule has 7 heteroatoms.